The van der Waals surface area contributed by atoms with Gasteiger partial charge in [-0.2, -0.15) is 0 Å². The molecule has 1 unspecified atom stereocenters. The largest absolute Gasteiger partial charge is 0.292 e. The Bertz CT molecular complexity index is 338. The first-order chi connectivity index (χ1) is 6.02. The number of rotatable bonds is 2. The van der Waals surface area contributed by atoms with Crippen LogP contribution in [0.3, 0.4) is 0 Å². The number of halogens is 2. The molecule has 0 aliphatic heterocycles. The standard InChI is InChI=1S/C9H8ClFOS/c1-5(10)9(12)7-4-6(11)2-3-8(7)13/h2-5,13H,1H3. The Morgan fingerprint density at radius 1 is 1.62 bits per heavy atom. The first-order valence-electron chi connectivity index (χ1n) is 3.69. The molecule has 1 nitrogen and oxygen atoms in total. The number of carbonyl (C=O) groups excluding carboxylic acids is 1. The van der Waals surface area contributed by atoms with Gasteiger partial charge in [0.2, 0.25) is 0 Å². The van der Waals surface area contributed by atoms with Gasteiger partial charge in [0.15, 0.2) is 5.78 Å². The lowest BCUT2D eigenvalue weighted by molar-refractivity contribution is 0.0988. The number of Topliss-reactive ketones (excluding diaryl/α,β-unsaturated/α-hetero) is 1. The predicted molar refractivity (Wildman–Crippen MR) is 53.3 cm³/mol. The highest BCUT2D eigenvalue weighted by atomic mass is 35.5. The molecule has 4 heteroatoms. The molecule has 0 bridgehead atoms. The molecule has 0 aromatic heterocycles. The third kappa shape index (κ3) is 2.45. The Hall–Kier alpha value is -0.540. The van der Waals surface area contributed by atoms with Gasteiger partial charge in [-0.1, -0.05) is 0 Å². The fourth-order valence-corrected chi connectivity index (χ4v) is 1.29. The summed E-state index contributed by atoms with van der Waals surface area (Å²) in [7, 11) is 0. The number of hydrogen-bond donors (Lipinski definition) is 1. The number of benzene rings is 1. The highest BCUT2D eigenvalue weighted by Gasteiger charge is 2.15. The first kappa shape index (κ1) is 10.5. The zero-order chi connectivity index (χ0) is 10.0. The normalized spacial score (nSPS) is 12.6. The van der Waals surface area contributed by atoms with Gasteiger partial charge in [0.1, 0.15) is 5.82 Å². The molecule has 0 fully saturated rings. The average Bonchev–Trinajstić information content (AvgIpc) is 2.08. The van der Waals surface area contributed by atoms with E-state index in [0.29, 0.717) is 4.90 Å². The molecule has 0 radical (unpaired) electrons. The van der Waals surface area contributed by atoms with Crippen LogP contribution in [0.5, 0.6) is 0 Å². The van der Waals surface area contributed by atoms with Crippen molar-refractivity contribution >= 4 is 30.0 Å². The smallest absolute Gasteiger partial charge is 0.181 e. The summed E-state index contributed by atoms with van der Waals surface area (Å²) in [5.74, 6) is -0.773. The maximum atomic E-state index is 12.7. The van der Waals surface area contributed by atoms with Gasteiger partial charge in [-0.25, -0.2) is 4.39 Å². The van der Waals surface area contributed by atoms with Crippen molar-refractivity contribution in [3.63, 3.8) is 0 Å². The Morgan fingerprint density at radius 2 is 2.23 bits per heavy atom. The minimum atomic E-state index is -0.660. The van der Waals surface area contributed by atoms with Crippen molar-refractivity contribution in [2.24, 2.45) is 0 Å². The molecule has 70 valence electrons. The van der Waals surface area contributed by atoms with Crippen LogP contribution in [0.25, 0.3) is 0 Å². The molecule has 0 amide bonds. The summed E-state index contributed by atoms with van der Waals surface area (Å²) in [6.45, 7) is 1.54. The molecule has 0 spiro atoms. The molecule has 1 aromatic rings. The van der Waals surface area contributed by atoms with Crippen molar-refractivity contribution in [2.75, 3.05) is 0 Å². The van der Waals surface area contributed by atoms with E-state index >= 15 is 0 Å². The lowest BCUT2D eigenvalue weighted by Crippen LogP contribution is -2.11. The van der Waals surface area contributed by atoms with E-state index in [1.165, 1.54) is 12.1 Å². The summed E-state index contributed by atoms with van der Waals surface area (Å²) in [4.78, 5) is 11.8. The number of ketones is 1. The monoisotopic (exact) mass is 218 g/mol. The van der Waals surface area contributed by atoms with Crippen molar-refractivity contribution in [3.8, 4) is 0 Å². The summed E-state index contributed by atoms with van der Waals surface area (Å²) in [6, 6.07) is 3.83. The highest BCUT2D eigenvalue weighted by molar-refractivity contribution is 7.80. The van der Waals surface area contributed by atoms with Crippen molar-refractivity contribution in [3.05, 3.63) is 29.6 Å². The highest BCUT2D eigenvalue weighted by Crippen LogP contribution is 2.18. The molecule has 0 N–H and O–H groups in total. The van der Waals surface area contributed by atoms with Crippen LogP contribution in [-0.2, 0) is 0 Å². The molecule has 0 aliphatic rings. The summed E-state index contributed by atoms with van der Waals surface area (Å²) >= 11 is 9.61. The SMILES string of the molecule is CC(Cl)C(=O)c1cc(F)ccc1S. The zero-order valence-electron chi connectivity index (χ0n) is 6.92. The van der Waals surface area contributed by atoms with Gasteiger partial charge in [0.05, 0.1) is 5.38 Å². The second-order valence-corrected chi connectivity index (χ2v) is 3.78. The van der Waals surface area contributed by atoms with E-state index in [1.807, 2.05) is 0 Å². The molecular weight excluding hydrogens is 211 g/mol. The van der Waals surface area contributed by atoms with Crippen LogP contribution in [0.2, 0.25) is 0 Å². The quantitative estimate of drug-likeness (QED) is 0.459. The van der Waals surface area contributed by atoms with E-state index in [4.69, 9.17) is 11.6 Å². The Labute approximate surface area is 86.3 Å². The Morgan fingerprint density at radius 3 is 2.77 bits per heavy atom. The number of thiol groups is 1. The lowest BCUT2D eigenvalue weighted by atomic mass is 10.1. The fraction of sp³-hybridized carbons (Fsp3) is 0.222. The molecule has 0 saturated carbocycles. The number of alkyl halides is 1. The molecule has 0 heterocycles. The van der Waals surface area contributed by atoms with Crippen LogP contribution in [-0.4, -0.2) is 11.2 Å². The van der Waals surface area contributed by atoms with Crippen molar-refractivity contribution in [1.29, 1.82) is 0 Å². The van der Waals surface area contributed by atoms with E-state index in [-0.39, 0.29) is 11.3 Å². The van der Waals surface area contributed by atoms with Gasteiger partial charge in [-0.3, -0.25) is 4.79 Å². The maximum Gasteiger partial charge on any atom is 0.181 e. The van der Waals surface area contributed by atoms with Crippen LogP contribution in [0.1, 0.15) is 17.3 Å². The second kappa shape index (κ2) is 4.11. The van der Waals surface area contributed by atoms with Crippen LogP contribution in [0.4, 0.5) is 4.39 Å². The molecule has 1 atom stereocenters. The lowest BCUT2D eigenvalue weighted by Gasteiger charge is -2.05. The molecule has 0 aliphatic carbocycles. The van der Waals surface area contributed by atoms with Crippen LogP contribution in [0.15, 0.2) is 23.1 Å². The van der Waals surface area contributed by atoms with E-state index in [2.05, 4.69) is 12.6 Å². The first-order valence-corrected chi connectivity index (χ1v) is 4.57. The Kier molecular flexibility index (Phi) is 3.33. The van der Waals surface area contributed by atoms with E-state index in [9.17, 15) is 9.18 Å². The summed E-state index contributed by atoms with van der Waals surface area (Å²) < 4.78 is 12.7. The van der Waals surface area contributed by atoms with Gasteiger partial charge in [0, 0.05) is 10.5 Å². The molecular formula is C9H8ClFOS. The molecule has 1 rings (SSSR count). The van der Waals surface area contributed by atoms with Crippen molar-refractivity contribution < 1.29 is 9.18 Å². The summed E-state index contributed by atoms with van der Waals surface area (Å²) in [5, 5.41) is -0.660. The fourth-order valence-electron chi connectivity index (χ4n) is 0.920. The third-order valence-electron chi connectivity index (χ3n) is 1.59. The summed E-state index contributed by atoms with van der Waals surface area (Å²) in [6.07, 6.45) is 0. The molecule has 13 heavy (non-hydrogen) atoms. The van der Waals surface area contributed by atoms with Crippen molar-refractivity contribution in [2.45, 2.75) is 17.2 Å². The van der Waals surface area contributed by atoms with Gasteiger partial charge in [-0.05, 0) is 25.1 Å². The number of hydrogen-bond acceptors (Lipinski definition) is 2. The average molecular weight is 219 g/mol. The third-order valence-corrected chi connectivity index (χ3v) is 2.17. The summed E-state index contributed by atoms with van der Waals surface area (Å²) in [5.41, 5.74) is 0.228. The Balaban J connectivity index is 3.13. The minimum absolute atomic E-state index is 0.228. The van der Waals surface area contributed by atoms with E-state index < -0.39 is 11.2 Å². The second-order valence-electron chi connectivity index (χ2n) is 2.64. The molecule has 0 saturated heterocycles. The van der Waals surface area contributed by atoms with Crippen LogP contribution in [0, 0.1) is 5.82 Å². The minimum Gasteiger partial charge on any atom is -0.292 e. The molecule has 1 aromatic carbocycles. The number of carbonyl (C=O) groups is 1. The van der Waals surface area contributed by atoms with E-state index in [0.717, 1.165) is 6.07 Å². The topological polar surface area (TPSA) is 17.1 Å². The van der Waals surface area contributed by atoms with Gasteiger partial charge >= 0.3 is 0 Å². The zero-order valence-corrected chi connectivity index (χ0v) is 8.57. The van der Waals surface area contributed by atoms with Crippen molar-refractivity contribution in [1.82, 2.24) is 0 Å². The van der Waals surface area contributed by atoms with Gasteiger partial charge < -0.3 is 0 Å². The maximum absolute atomic E-state index is 12.7. The van der Waals surface area contributed by atoms with Crippen LogP contribution < -0.4 is 0 Å². The van der Waals surface area contributed by atoms with Crippen LogP contribution >= 0.6 is 24.2 Å². The van der Waals surface area contributed by atoms with Gasteiger partial charge in [-0.15, -0.1) is 24.2 Å². The predicted octanol–water partition coefficient (Wildman–Crippen LogP) is 2.92. The van der Waals surface area contributed by atoms with E-state index in [1.54, 1.807) is 6.92 Å². The van der Waals surface area contributed by atoms with Gasteiger partial charge in [0.25, 0.3) is 0 Å².